The van der Waals surface area contributed by atoms with Crippen molar-refractivity contribution >= 4 is 5.57 Å². The van der Waals surface area contributed by atoms with E-state index >= 15 is 0 Å². The summed E-state index contributed by atoms with van der Waals surface area (Å²) in [7, 11) is 4.14. The second kappa shape index (κ2) is 6.24. The monoisotopic (exact) mass is 251 g/mol. The van der Waals surface area contributed by atoms with Crippen molar-refractivity contribution in [2.24, 2.45) is 0 Å². The quantitative estimate of drug-likeness (QED) is 0.789. The summed E-state index contributed by atoms with van der Waals surface area (Å²) in [5.74, 6) is 0. The van der Waals surface area contributed by atoms with E-state index < -0.39 is 0 Å². The van der Waals surface area contributed by atoms with Crippen LogP contribution in [0.15, 0.2) is 60.8 Å². The van der Waals surface area contributed by atoms with Crippen molar-refractivity contribution in [3.05, 3.63) is 77.5 Å². The number of hydrogen-bond acceptors (Lipinski definition) is 1. The highest BCUT2D eigenvalue weighted by molar-refractivity contribution is 5.67. The summed E-state index contributed by atoms with van der Waals surface area (Å²) in [6.45, 7) is 2.12. The molecule has 0 aliphatic heterocycles. The Kier molecular flexibility index (Phi) is 4.40. The zero-order chi connectivity index (χ0) is 13.7. The third-order valence-corrected chi connectivity index (χ3v) is 3.07. The van der Waals surface area contributed by atoms with E-state index in [0.717, 1.165) is 6.42 Å². The van der Waals surface area contributed by atoms with Crippen LogP contribution < -0.4 is 0 Å². The van der Waals surface area contributed by atoms with Crippen LogP contribution in [0.3, 0.4) is 0 Å². The maximum absolute atomic E-state index is 2.21. The largest absolute Gasteiger partial charge is 0.383 e. The third kappa shape index (κ3) is 3.99. The highest BCUT2D eigenvalue weighted by Gasteiger charge is 2.03. The predicted octanol–water partition coefficient (Wildman–Crippen LogP) is 4.14. The van der Waals surface area contributed by atoms with Crippen LogP contribution in [0.5, 0.6) is 0 Å². The van der Waals surface area contributed by atoms with Gasteiger partial charge in [-0.05, 0) is 30.0 Å². The van der Waals surface area contributed by atoms with Gasteiger partial charge in [-0.3, -0.25) is 0 Å². The van der Waals surface area contributed by atoms with Gasteiger partial charge in [-0.1, -0.05) is 60.2 Å². The van der Waals surface area contributed by atoms with Crippen LogP contribution in [0.1, 0.15) is 16.7 Å². The van der Waals surface area contributed by atoms with Crippen LogP contribution >= 0.6 is 0 Å². The zero-order valence-electron chi connectivity index (χ0n) is 11.9. The first-order valence-electron chi connectivity index (χ1n) is 6.63. The summed E-state index contributed by atoms with van der Waals surface area (Å²) < 4.78 is 0. The van der Waals surface area contributed by atoms with Crippen molar-refractivity contribution in [3.63, 3.8) is 0 Å². The van der Waals surface area contributed by atoms with Gasteiger partial charge in [-0.2, -0.15) is 0 Å². The lowest BCUT2D eigenvalue weighted by atomic mass is 9.98. The molecule has 0 fully saturated rings. The molecule has 0 saturated heterocycles. The fraction of sp³-hybridized carbons (Fsp3) is 0.222. The lowest BCUT2D eigenvalue weighted by molar-refractivity contribution is 0.564. The number of nitrogens with zero attached hydrogens (tertiary/aromatic N) is 1. The standard InChI is InChI=1S/C18H21N/c1-15-9-11-16(12-10-15)13-18(14-19(2)3)17-7-5-4-6-8-17/h4-12,14H,13H2,1-3H3. The Bertz CT molecular complexity index is 536. The molecule has 0 bridgehead atoms. The Morgan fingerprint density at radius 2 is 1.58 bits per heavy atom. The topological polar surface area (TPSA) is 3.24 Å². The Labute approximate surface area is 116 Å². The fourth-order valence-electron chi connectivity index (χ4n) is 2.11. The Morgan fingerprint density at radius 3 is 2.16 bits per heavy atom. The minimum Gasteiger partial charge on any atom is -0.383 e. The predicted molar refractivity (Wildman–Crippen MR) is 83.0 cm³/mol. The molecule has 0 unspecified atom stereocenters. The summed E-state index contributed by atoms with van der Waals surface area (Å²) in [5.41, 5.74) is 5.29. The first-order valence-corrected chi connectivity index (χ1v) is 6.63. The van der Waals surface area contributed by atoms with Gasteiger partial charge in [0.15, 0.2) is 0 Å². The molecule has 0 aliphatic carbocycles. The molecular formula is C18H21N. The van der Waals surface area contributed by atoms with Crippen LogP contribution in [0, 0.1) is 6.92 Å². The molecule has 0 radical (unpaired) electrons. The highest BCUT2D eigenvalue weighted by atomic mass is 15.0. The molecular weight excluding hydrogens is 230 g/mol. The molecule has 2 aromatic carbocycles. The first kappa shape index (κ1) is 13.4. The van der Waals surface area contributed by atoms with Crippen molar-refractivity contribution in [2.75, 3.05) is 14.1 Å². The van der Waals surface area contributed by atoms with Crippen LogP contribution in [-0.2, 0) is 6.42 Å². The van der Waals surface area contributed by atoms with E-state index in [-0.39, 0.29) is 0 Å². The van der Waals surface area contributed by atoms with Gasteiger partial charge in [0, 0.05) is 20.3 Å². The van der Waals surface area contributed by atoms with Gasteiger partial charge >= 0.3 is 0 Å². The van der Waals surface area contributed by atoms with Crippen molar-refractivity contribution in [1.82, 2.24) is 4.90 Å². The number of rotatable bonds is 4. The number of allylic oxidation sites excluding steroid dienone is 1. The molecule has 0 spiro atoms. The van der Waals surface area contributed by atoms with Gasteiger partial charge in [0.05, 0.1) is 0 Å². The minimum absolute atomic E-state index is 0.961. The van der Waals surface area contributed by atoms with Gasteiger partial charge in [-0.15, -0.1) is 0 Å². The first-order chi connectivity index (χ1) is 9.15. The van der Waals surface area contributed by atoms with Crippen LogP contribution in [0.25, 0.3) is 5.57 Å². The molecule has 0 aromatic heterocycles. The van der Waals surface area contributed by atoms with E-state index in [2.05, 4.69) is 86.7 Å². The Morgan fingerprint density at radius 1 is 0.947 bits per heavy atom. The average molecular weight is 251 g/mol. The van der Waals surface area contributed by atoms with E-state index in [1.54, 1.807) is 0 Å². The van der Waals surface area contributed by atoms with Crippen LogP contribution in [-0.4, -0.2) is 19.0 Å². The highest BCUT2D eigenvalue weighted by Crippen LogP contribution is 2.20. The normalized spacial score (nSPS) is 11.4. The SMILES string of the molecule is Cc1ccc(CC(=CN(C)C)c2ccccc2)cc1. The van der Waals surface area contributed by atoms with Gasteiger partial charge in [0.1, 0.15) is 0 Å². The molecule has 0 amide bonds. The molecule has 98 valence electrons. The molecule has 0 aliphatic rings. The summed E-state index contributed by atoms with van der Waals surface area (Å²) in [4.78, 5) is 2.11. The minimum atomic E-state index is 0.961. The smallest absolute Gasteiger partial charge is 0.00557 e. The molecule has 0 saturated carbocycles. The molecule has 0 heterocycles. The zero-order valence-corrected chi connectivity index (χ0v) is 11.9. The number of aryl methyl sites for hydroxylation is 1. The lowest BCUT2D eigenvalue weighted by Crippen LogP contribution is -2.04. The van der Waals surface area contributed by atoms with Gasteiger partial charge in [0.25, 0.3) is 0 Å². The molecule has 19 heavy (non-hydrogen) atoms. The average Bonchev–Trinajstić information content (AvgIpc) is 2.41. The fourth-order valence-corrected chi connectivity index (χ4v) is 2.11. The maximum atomic E-state index is 2.21. The van der Waals surface area contributed by atoms with Crippen molar-refractivity contribution in [1.29, 1.82) is 0 Å². The van der Waals surface area contributed by atoms with E-state index in [1.165, 1.54) is 22.3 Å². The lowest BCUT2D eigenvalue weighted by Gasteiger charge is -2.13. The summed E-state index contributed by atoms with van der Waals surface area (Å²) in [6, 6.07) is 19.3. The van der Waals surface area contributed by atoms with Crippen LogP contribution in [0.2, 0.25) is 0 Å². The molecule has 2 aromatic rings. The Balaban J connectivity index is 2.27. The second-order valence-electron chi connectivity index (χ2n) is 5.15. The van der Waals surface area contributed by atoms with Crippen molar-refractivity contribution < 1.29 is 0 Å². The van der Waals surface area contributed by atoms with Gasteiger partial charge in [-0.25, -0.2) is 0 Å². The maximum Gasteiger partial charge on any atom is 0.00557 e. The number of benzene rings is 2. The molecule has 0 N–H and O–H groups in total. The number of hydrogen-bond donors (Lipinski definition) is 0. The third-order valence-electron chi connectivity index (χ3n) is 3.07. The van der Waals surface area contributed by atoms with Gasteiger partial charge in [0.2, 0.25) is 0 Å². The van der Waals surface area contributed by atoms with E-state index in [4.69, 9.17) is 0 Å². The molecule has 2 rings (SSSR count). The van der Waals surface area contributed by atoms with Crippen molar-refractivity contribution in [2.45, 2.75) is 13.3 Å². The van der Waals surface area contributed by atoms with E-state index in [9.17, 15) is 0 Å². The van der Waals surface area contributed by atoms with Gasteiger partial charge < -0.3 is 4.90 Å². The molecule has 1 heteroatoms. The van der Waals surface area contributed by atoms with E-state index in [0.29, 0.717) is 0 Å². The van der Waals surface area contributed by atoms with E-state index in [1.807, 2.05) is 0 Å². The van der Waals surface area contributed by atoms with Crippen LogP contribution in [0.4, 0.5) is 0 Å². The molecule has 0 atom stereocenters. The molecule has 1 nitrogen and oxygen atoms in total. The Hall–Kier alpha value is -2.02. The second-order valence-corrected chi connectivity index (χ2v) is 5.15. The summed E-state index contributed by atoms with van der Waals surface area (Å²) in [5, 5.41) is 0. The van der Waals surface area contributed by atoms with Crippen molar-refractivity contribution in [3.8, 4) is 0 Å². The summed E-state index contributed by atoms with van der Waals surface area (Å²) in [6.07, 6.45) is 3.16. The summed E-state index contributed by atoms with van der Waals surface area (Å²) >= 11 is 0.